The first kappa shape index (κ1) is 14.1. The van der Waals surface area contributed by atoms with Crippen LogP contribution in [0.1, 0.15) is 18.9 Å². The van der Waals surface area contributed by atoms with Gasteiger partial charge >= 0.3 is 0 Å². The first-order valence-electron chi connectivity index (χ1n) is 4.69. The van der Waals surface area contributed by atoms with E-state index in [2.05, 4.69) is 20.9 Å². The maximum Gasteiger partial charge on any atom is 0.254 e. The van der Waals surface area contributed by atoms with Gasteiger partial charge in [0.15, 0.2) is 4.21 Å². The minimum Gasteiger partial charge on any atom is -0.249 e. The van der Waals surface area contributed by atoms with Gasteiger partial charge in [-0.3, -0.25) is 0 Å². The van der Waals surface area contributed by atoms with Crippen molar-refractivity contribution < 1.29 is 8.42 Å². The van der Waals surface area contributed by atoms with E-state index >= 15 is 0 Å². The summed E-state index contributed by atoms with van der Waals surface area (Å²) in [4.78, 5) is 3.97. The summed E-state index contributed by atoms with van der Waals surface area (Å²) in [5.41, 5.74) is -0.462. The molecular formula is C9H15BrN2O2S2. The fourth-order valence-electron chi connectivity index (χ4n) is 1.01. The predicted octanol–water partition coefficient (Wildman–Crippen LogP) is 2.25. The van der Waals surface area contributed by atoms with Crippen molar-refractivity contribution in [1.82, 2.24) is 9.29 Å². The van der Waals surface area contributed by atoms with Crippen LogP contribution in [-0.4, -0.2) is 35.6 Å². The molecule has 1 aromatic heterocycles. The molecule has 1 rings (SSSR count). The molecule has 16 heavy (non-hydrogen) atoms. The summed E-state index contributed by atoms with van der Waals surface area (Å²) in [5, 5.41) is 1.33. The van der Waals surface area contributed by atoms with E-state index in [1.165, 1.54) is 21.8 Å². The van der Waals surface area contributed by atoms with Gasteiger partial charge in [-0.1, -0.05) is 15.9 Å². The largest absolute Gasteiger partial charge is 0.254 e. The van der Waals surface area contributed by atoms with Crippen molar-refractivity contribution in [2.75, 3.05) is 12.4 Å². The normalized spacial score (nSPS) is 13.4. The Kier molecular flexibility index (Phi) is 4.15. The average molecular weight is 327 g/mol. The first-order chi connectivity index (χ1) is 7.21. The van der Waals surface area contributed by atoms with Gasteiger partial charge in [-0.05, 0) is 20.8 Å². The van der Waals surface area contributed by atoms with Crippen molar-refractivity contribution in [3.63, 3.8) is 0 Å². The van der Waals surface area contributed by atoms with Crippen molar-refractivity contribution in [2.24, 2.45) is 0 Å². The third-order valence-corrected chi connectivity index (χ3v) is 7.19. The molecule has 0 atom stereocenters. The van der Waals surface area contributed by atoms with Crippen molar-refractivity contribution >= 4 is 37.3 Å². The number of aryl methyl sites for hydroxylation is 1. The lowest BCUT2D eigenvalue weighted by Gasteiger charge is -2.32. The highest BCUT2D eigenvalue weighted by Crippen LogP contribution is 2.27. The van der Waals surface area contributed by atoms with E-state index in [0.717, 1.165) is 5.01 Å². The molecule has 0 spiro atoms. The van der Waals surface area contributed by atoms with Crippen molar-refractivity contribution in [1.29, 1.82) is 0 Å². The van der Waals surface area contributed by atoms with Gasteiger partial charge in [-0.25, -0.2) is 13.4 Å². The van der Waals surface area contributed by atoms with Gasteiger partial charge in [0.25, 0.3) is 10.0 Å². The monoisotopic (exact) mass is 326 g/mol. The fraction of sp³-hybridized carbons (Fsp3) is 0.667. The standard InChI is InChI=1S/C9H15BrN2O2S2/c1-7-11-5-8(15-7)16(13,14)12(4)9(2,3)6-10/h5H,6H2,1-4H3. The van der Waals surface area contributed by atoms with Crippen LogP contribution in [0.15, 0.2) is 10.4 Å². The molecule has 0 aliphatic heterocycles. The van der Waals surface area contributed by atoms with Crippen molar-refractivity contribution in [3.8, 4) is 0 Å². The van der Waals surface area contributed by atoms with E-state index in [1.54, 1.807) is 14.0 Å². The molecule has 4 nitrogen and oxygen atoms in total. The SMILES string of the molecule is Cc1ncc(S(=O)(=O)N(C)C(C)(C)CBr)s1. The van der Waals surface area contributed by atoms with Crippen LogP contribution in [0.5, 0.6) is 0 Å². The van der Waals surface area contributed by atoms with Gasteiger partial charge in [0.2, 0.25) is 0 Å². The molecule has 0 bridgehead atoms. The van der Waals surface area contributed by atoms with Gasteiger partial charge < -0.3 is 0 Å². The molecule has 0 aliphatic carbocycles. The topological polar surface area (TPSA) is 50.3 Å². The summed E-state index contributed by atoms with van der Waals surface area (Å²) in [6, 6.07) is 0. The Morgan fingerprint density at radius 2 is 2.12 bits per heavy atom. The minimum atomic E-state index is -3.43. The predicted molar refractivity (Wildman–Crippen MR) is 69.7 cm³/mol. The molecule has 0 radical (unpaired) electrons. The number of hydrogen-bond donors (Lipinski definition) is 0. The lowest BCUT2D eigenvalue weighted by molar-refractivity contribution is 0.300. The molecule has 1 aromatic rings. The Labute approximate surface area is 109 Å². The summed E-state index contributed by atoms with van der Waals surface area (Å²) in [7, 11) is -1.84. The van der Waals surface area contributed by atoms with Gasteiger partial charge in [-0.15, -0.1) is 11.3 Å². The second-order valence-electron chi connectivity index (χ2n) is 4.12. The van der Waals surface area contributed by atoms with Gasteiger partial charge in [0.1, 0.15) is 0 Å². The van der Waals surface area contributed by atoms with E-state index in [0.29, 0.717) is 9.54 Å². The summed E-state index contributed by atoms with van der Waals surface area (Å²) < 4.78 is 26.1. The Balaban J connectivity index is 3.13. The molecule has 0 N–H and O–H groups in total. The summed E-state index contributed by atoms with van der Waals surface area (Å²) >= 11 is 4.52. The number of alkyl halides is 1. The maximum absolute atomic E-state index is 12.2. The van der Waals surface area contributed by atoms with Gasteiger partial charge in [0, 0.05) is 17.9 Å². The number of aromatic nitrogens is 1. The van der Waals surface area contributed by atoms with E-state index < -0.39 is 15.6 Å². The molecule has 7 heteroatoms. The van der Waals surface area contributed by atoms with Crippen LogP contribution in [0.3, 0.4) is 0 Å². The van der Waals surface area contributed by atoms with Gasteiger partial charge in [0.05, 0.1) is 11.2 Å². The van der Waals surface area contributed by atoms with Crippen LogP contribution in [0.2, 0.25) is 0 Å². The number of sulfonamides is 1. The molecule has 0 amide bonds. The van der Waals surface area contributed by atoms with Crippen LogP contribution in [0, 0.1) is 6.92 Å². The molecule has 0 saturated carbocycles. The Morgan fingerprint density at radius 1 is 1.56 bits per heavy atom. The molecule has 92 valence electrons. The first-order valence-corrected chi connectivity index (χ1v) is 8.07. The van der Waals surface area contributed by atoms with E-state index in [-0.39, 0.29) is 0 Å². The molecule has 0 aromatic carbocycles. The molecule has 0 aliphatic rings. The van der Waals surface area contributed by atoms with Crippen LogP contribution >= 0.6 is 27.3 Å². The lowest BCUT2D eigenvalue weighted by atomic mass is 10.1. The van der Waals surface area contributed by atoms with E-state index in [9.17, 15) is 8.42 Å². The van der Waals surface area contributed by atoms with Crippen LogP contribution < -0.4 is 0 Å². The highest BCUT2D eigenvalue weighted by molar-refractivity contribution is 9.09. The minimum absolute atomic E-state index is 0.293. The number of hydrogen-bond acceptors (Lipinski definition) is 4. The second-order valence-corrected chi connectivity index (χ2v) is 8.11. The number of rotatable bonds is 4. The third-order valence-electron chi connectivity index (χ3n) is 2.39. The smallest absolute Gasteiger partial charge is 0.249 e. The molecule has 0 saturated heterocycles. The molecule has 0 unspecified atom stereocenters. The van der Waals surface area contributed by atoms with E-state index in [1.807, 2.05) is 13.8 Å². The van der Waals surface area contributed by atoms with Crippen molar-refractivity contribution in [2.45, 2.75) is 30.5 Å². The van der Waals surface area contributed by atoms with Crippen molar-refractivity contribution in [3.05, 3.63) is 11.2 Å². The zero-order valence-corrected chi connectivity index (χ0v) is 12.9. The van der Waals surface area contributed by atoms with E-state index in [4.69, 9.17) is 0 Å². The molecule has 1 heterocycles. The average Bonchev–Trinajstić information content (AvgIpc) is 2.64. The Bertz CT molecular complexity index is 468. The zero-order valence-electron chi connectivity index (χ0n) is 9.69. The Hall–Kier alpha value is 0.0200. The summed E-state index contributed by atoms with van der Waals surface area (Å²) in [6.07, 6.45) is 1.41. The number of nitrogens with zero attached hydrogens (tertiary/aromatic N) is 2. The van der Waals surface area contributed by atoms with Crippen LogP contribution in [-0.2, 0) is 10.0 Å². The number of halogens is 1. The quantitative estimate of drug-likeness (QED) is 0.797. The number of thiazole rings is 1. The van der Waals surface area contributed by atoms with Crippen LogP contribution in [0.25, 0.3) is 0 Å². The fourth-order valence-corrected chi connectivity index (χ4v) is 4.34. The van der Waals surface area contributed by atoms with Crippen LogP contribution in [0.4, 0.5) is 0 Å². The molecule has 0 fully saturated rings. The highest BCUT2D eigenvalue weighted by Gasteiger charge is 2.34. The highest BCUT2D eigenvalue weighted by atomic mass is 79.9. The summed E-state index contributed by atoms with van der Waals surface area (Å²) in [6.45, 7) is 5.53. The Morgan fingerprint density at radius 3 is 2.50 bits per heavy atom. The lowest BCUT2D eigenvalue weighted by Crippen LogP contribution is -2.45. The zero-order chi connectivity index (χ0) is 12.6. The maximum atomic E-state index is 12.2. The third kappa shape index (κ3) is 2.64. The summed E-state index contributed by atoms with van der Waals surface area (Å²) in [5.74, 6) is 0. The van der Waals surface area contributed by atoms with Gasteiger partial charge in [-0.2, -0.15) is 4.31 Å². The second kappa shape index (κ2) is 4.72. The molecular weight excluding hydrogens is 312 g/mol.